The maximum atomic E-state index is 11.6. The fraction of sp³-hybridized carbons (Fsp3) is 0.800. The summed E-state index contributed by atoms with van der Waals surface area (Å²) in [4.78, 5) is 16.5. The summed E-state index contributed by atoms with van der Waals surface area (Å²) in [5, 5.41) is 8.92. The zero-order valence-electron chi connectivity index (χ0n) is 8.83. The second-order valence-electron chi connectivity index (χ2n) is 4.31. The predicted molar refractivity (Wildman–Crippen MR) is 50.8 cm³/mol. The van der Waals surface area contributed by atoms with Crippen LogP contribution in [0.15, 0.2) is 0 Å². The van der Waals surface area contributed by atoms with E-state index in [0.29, 0.717) is 18.8 Å². The van der Waals surface area contributed by atoms with E-state index < -0.39 is 5.41 Å². The fourth-order valence-electron chi connectivity index (χ4n) is 1.73. The third-order valence-corrected chi connectivity index (χ3v) is 2.43. The molecule has 0 unspecified atom stereocenters. The standard InChI is InChI=1S/C10H16N2O2/c1-7(2)14-12-9(13)10(6-11)4-8(3)5-10/h7-8H,4-5H2,1-3H3,(H,12,13). The second kappa shape index (κ2) is 3.97. The number of hydroxylamine groups is 1. The van der Waals surface area contributed by atoms with Crippen molar-refractivity contribution >= 4 is 5.91 Å². The van der Waals surface area contributed by atoms with Gasteiger partial charge in [0.25, 0.3) is 5.91 Å². The molecule has 0 spiro atoms. The van der Waals surface area contributed by atoms with Crippen molar-refractivity contribution in [1.29, 1.82) is 5.26 Å². The highest BCUT2D eigenvalue weighted by atomic mass is 16.7. The number of amides is 1. The number of rotatable bonds is 3. The Labute approximate surface area is 84.2 Å². The second-order valence-corrected chi connectivity index (χ2v) is 4.31. The number of hydrogen-bond acceptors (Lipinski definition) is 3. The van der Waals surface area contributed by atoms with E-state index in [1.54, 1.807) is 0 Å². The Morgan fingerprint density at radius 2 is 2.21 bits per heavy atom. The minimum atomic E-state index is -0.839. The molecule has 14 heavy (non-hydrogen) atoms. The van der Waals surface area contributed by atoms with Gasteiger partial charge in [-0.3, -0.25) is 9.63 Å². The van der Waals surface area contributed by atoms with Crippen LogP contribution in [0.2, 0.25) is 0 Å². The SMILES string of the molecule is CC1CC(C#N)(C(=O)NOC(C)C)C1. The van der Waals surface area contributed by atoms with Gasteiger partial charge in [0, 0.05) is 0 Å². The van der Waals surface area contributed by atoms with Gasteiger partial charge in [0.15, 0.2) is 0 Å². The molecule has 1 N–H and O–H groups in total. The Balaban J connectivity index is 2.47. The molecule has 0 radical (unpaired) electrons. The molecule has 0 atom stereocenters. The molecule has 0 aromatic carbocycles. The molecule has 0 heterocycles. The van der Waals surface area contributed by atoms with Crippen LogP contribution in [-0.4, -0.2) is 12.0 Å². The van der Waals surface area contributed by atoms with Crippen LogP contribution in [0, 0.1) is 22.7 Å². The van der Waals surface area contributed by atoms with Crippen molar-refractivity contribution in [3.8, 4) is 6.07 Å². The first-order chi connectivity index (χ1) is 6.50. The van der Waals surface area contributed by atoms with Crippen molar-refractivity contribution in [1.82, 2.24) is 5.48 Å². The number of nitriles is 1. The van der Waals surface area contributed by atoms with E-state index >= 15 is 0 Å². The lowest BCUT2D eigenvalue weighted by atomic mass is 9.63. The maximum Gasteiger partial charge on any atom is 0.264 e. The van der Waals surface area contributed by atoms with Gasteiger partial charge in [-0.15, -0.1) is 0 Å². The van der Waals surface area contributed by atoms with Crippen molar-refractivity contribution in [3.05, 3.63) is 0 Å². The number of carbonyl (C=O) groups is 1. The lowest BCUT2D eigenvalue weighted by molar-refractivity contribution is -0.150. The van der Waals surface area contributed by atoms with Gasteiger partial charge in [-0.05, 0) is 32.6 Å². The zero-order valence-corrected chi connectivity index (χ0v) is 8.83. The molecule has 4 heteroatoms. The summed E-state index contributed by atoms with van der Waals surface area (Å²) in [5.41, 5.74) is 1.50. The molecule has 1 amide bonds. The number of nitrogens with one attached hydrogen (secondary N) is 1. The molecule has 0 saturated heterocycles. The van der Waals surface area contributed by atoms with E-state index in [1.807, 2.05) is 20.8 Å². The van der Waals surface area contributed by atoms with Gasteiger partial charge in [0.2, 0.25) is 0 Å². The van der Waals surface area contributed by atoms with Crippen molar-refractivity contribution in [2.45, 2.75) is 39.7 Å². The van der Waals surface area contributed by atoms with Crippen LogP contribution in [0.4, 0.5) is 0 Å². The molecule has 4 nitrogen and oxygen atoms in total. The summed E-state index contributed by atoms with van der Waals surface area (Å²) < 4.78 is 0. The van der Waals surface area contributed by atoms with Crippen LogP contribution in [0.1, 0.15) is 33.6 Å². The third kappa shape index (κ3) is 2.05. The Bertz CT molecular complexity index is 262. The van der Waals surface area contributed by atoms with Crippen molar-refractivity contribution in [2.75, 3.05) is 0 Å². The third-order valence-electron chi connectivity index (χ3n) is 2.43. The van der Waals surface area contributed by atoms with E-state index in [4.69, 9.17) is 10.1 Å². The Kier molecular flexibility index (Phi) is 3.12. The average molecular weight is 196 g/mol. The molecule has 1 aliphatic rings. The Morgan fingerprint density at radius 1 is 1.64 bits per heavy atom. The van der Waals surface area contributed by atoms with Crippen LogP contribution < -0.4 is 5.48 Å². The minimum Gasteiger partial charge on any atom is -0.271 e. The van der Waals surface area contributed by atoms with E-state index in [9.17, 15) is 4.79 Å². The molecule has 0 aliphatic heterocycles. The predicted octanol–water partition coefficient (Wildman–Crippen LogP) is 1.38. The first-order valence-electron chi connectivity index (χ1n) is 4.87. The molecule has 0 aromatic heterocycles. The highest BCUT2D eigenvalue weighted by Crippen LogP contribution is 2.44. The minimum absolute atomic E-state index is 0.0628. The molecule has 78 valence electrons. The number of nitrogens with zero attached hydrogens (tertiary/aromatic N) is 1. The van der Waals surface area contributed by atoms with Crippen molar-refractivity contribution in [3.63, 3.8) is 0 Å². The van der Waals surface area contributed by atoms with Crippen molar-refractivity contribution in [2.24, 2.45) is 11.3 Å². The lowest BCUT2D eigenvalue weighted by Crippen LogP contribution is -2.48. The summed E-state index contributed by atoms with van der Waals surface area (Å²) in [5.74, 6) is 0.159. The summed E-state index contributed by atoms with van der Waals surface area (Å²) >= 11 is 0. The summed E-state index contributed by atoms with van der Waals surface area (Å²) in [6, 6.07) is 2.08. The molecule has 0 bridgehead atoms. The summed E-state index contributed by atoms with van der Waals surface area (Å²) in [6.45, 7) is 5.68. The summed E-state index contributed by atoms with van der Waals surface area (Å²) in [7, 11) is 0. The monoisotopic (exact) mass is 196 g/mol. The van der Waals surface area contributed by atoms with E-state index in [-0.39, 0.29) is 12.0 Å². The highest BCUT2D eigenvalue weighted by Gasteiger charge is 2.49. The van der Waals surface area contributed by atoms with Crippen LogP contribution in [-0.2, 0) is 9.63 Å². The van der Waals surface area contributed by atoms with Crippen LogP contribution in [0.3, 0.4) is 0 Å². The van der Waals surface area contributed by atoms with E-state index in [0.717, 1.165) is 0 Å². The van der Waals surface area contributed by atoms with Gasteiger partial charge in [-0.1, -0.05) is 6.92 Å². The molecular weight excluding hydrogens is 180 g/mol. The largest absolute Gasteiger partial charge is 0.271 e. The van der Waals surface area contributed by atoms with Gasteiger partial charge in [-0.25, -0.2) is 5.48 Å². The molecule has 1 saturated carbocycles. The number of carbonyl (C=O) groups excluding carboxylic acids is 1. The first kappa shape index (κ1) is 11.0. The molecule has 1 aliphatic carbocycles. The van der Waals surface area contributed by atoms with Gasteiger partial charge in [0.1, 0.15) is 5.41 Å². The maximum absolute atomic E-state index is 11.6. The smallest absolute Gasteiger partial charge is 0.264 e. The van der Waals surface area contributed by atoms with Gasteiger partial charge < -0.3 is 0 Å². The van der Waals surface area contributed by atoms with Gasteiger partial charge in [0.05, 0.1) is 12.2 Å². The Hall–Kier alpha value is -1.08. The molecular formula is C10H16N2O2. The quantitative estimate of drug-likeness (QED) is 0.694. The number of hydrogen-bond donors (Lipinski definition) is 1. The molecule has 1 rings (SSSR count). The van der Waals surface area contributed by atoms with Crippen LogP contribution in [0.5, 0.6) is 0 Å². The first-order valence-corrected chi connectivity index (χ1v) is 4.87. The van der Waals surface area contributed by atoms with Crippen LogP contribution in [0.25, 0.3) is 0 Å². The summed E-state index contributed by atoms with van der Waals surface area (Å²) in [6.07, 6.45) is 1.21. The normalized spacial score (nSPS) is 30.6. The van der Waals surface area contributed by atoms with Crippen molar-refractivity contribution < 1.29 is 9.63 Å². The topological polar surface area (TPSA) is 62.1 Å². The average Bonchev–Trinajstić information content (AvgIpc) is 2.08. The fourth-order valence-corrected chi connectivity index (χ4v) is 1.73. The van der Waals surface area contributed by atoms with Gasteiger partial charge in [-0.2, -0.15) is 5.26 Å². The van der Waals surface area contributed by atoms with E-state index in [2.05, 4.69) is 11.5 Å². The zero-order chi connectivity index (χ0) is 10.8. The highest BCUT2D eigenvalue weighted by molar-refractivity contribution is 5.85. The molecule has 0 aromatic rings. The van der Waals surface area contributed by atoms with Crippen LogP contribution >= 0.6 is 0 Å². The Morgan fingerprint density at radius 3 is 2.57 bits per heavy atom. The molecule has 1 fully saturated rings. The van der Waals surface area contributed by atoms with E-state index in [1.165, 1.54) is 0 Å². The lowest BCUT2D eigenvalue weighted by Gasteiger charge is -2.38. The van der Waals surface area contributed by atoms with Gasteiger partial charge >= 0.3 is 0 Å².